The zero-order chi connectivity index (χ0) is 27.9. The van der Waals surface area contributed by atoms with E-state index >= 15 is 0 Å². The van der Waals surface area contributed by atoms with E-state index in [2.05, 4.69) is 19.9 Å². The molecular formula is C27H25ClF2N6O3. The summed E-state index contributed by atoms with van der Waals surface area (Å²) in [6.07, 6.45) is 4.21. The predicted molar refractivity (Wildman–Crippen MR) is 141 cm³/mol. The maximum Gasteiger partial charge on any atom is 0.277 e. The topological polar surface area (TPSA) is 95.3 Å². The highest BCUT2D eigenvalue weighted by Gasteiger charge is 2.40. The number of nitrogens with zero attached hydrogens (tertiary/aromatic N) is 6. The second-order valence-corrected chi connectivity index (χ2v) is 9.96. The summed E-state index contributed by atoms with van der Waals surface area (Å²) in [6.45, 7) is 6.59. The van der Waals surface area contributed by atoms with Gasteiger partial charge >= 0.3 is 0 Å². The Morgan fingerprint density at radius 3 is 2.56 bits per heavy atom. The lowest BCUT2D eigenvalue weighted by atomic mass is 9.97. The molecule has 9 nitrogen and oxygen atoms in total. The molecule has 0 aliphatic carbocycles. The Morgan fingerprint density at radius 2 is 1.85 bits per heavy atom. The fourth-order valence-electron chi connectivity index (χ4n) is 4.35. The zero-order valence-electron chi connectivity index (χ0n) is 21.7. The molecule has 4 aromatic rings. The van der Waals surface area contributed by atoms with Crippen molar-refractivity contribution in [3.63, 3.8) is 0 Å². The third-order valence-corrected chi connectivity index (χ3v) is 6.94. The lowest BCUT2D eigenvalue weighted by Gasteiger charge is -2.46. The second kappa shape index (κ2) is 10.3. The van der Waals surface area contributed by atoms with Crippen molar-refractivity contribution in [2.45, 2.75) is 33.0 Å². The standard InChI is InChI=1S/C27H25ClF2N6O3/c1-15-10-32-20(19-5-6-31-26(34-19)35-13-27(3,14-35)38-4)9-22(15)36-16(2)7-23(24(28)25(36)37)39-12-21-18(30)8-17(29)11-33-21/h5-11H,12-14H2,1-4H3. The number of rotatable bonds is 7. The van der Waals surface area contributed by atoms with Crippen LogP contribution in [0.5, 0.6) is 5.75 Å². The van der Waals surface area contributed by atoms with Crippen molar-refractivity contribution >= 4 is 17.5 Å². The van der Waals surface area contributed by atoms with E-state index in [1.54, 1.807) is 44.6 Å². The molecule has 0 unspecified atom stereocenters. The van der Waals surface area contributed by atoms with Crippen LogP contribution in [0, 0.1) is 25.5 Å². The molecule has 0 amide bonds. The van der Waals surface area contributed by atoms with Crippen molar-refractivity contribution in [2.75, 3.05) is 25.1 Å². The van der Waals surface area contributed by atoms with Gasteiger partial charge < -0.3 is 14.4 Å². The highest BCUT2D eigenvalue weighted by atomic mass is 35.5. The summed E-state index contributed by atoms with van der Waals surface area (Å²) in [5.41, 5.74) is 2.10. The molecule has 0 bridgehead atoms. The van der Waals surface area contributed by atoms with Crippen molar-refractivity contribution in [3.8, 4) is 22.8 Å². The van der Waals surface area contributed by atoms with E-state index in [0.29, 0.717) is 47.9 Å². The summed E-state index contributed by atoms with van der Waals surface area (Å²) >= 11 is 6.39. The normalized spacial score (nSPS) is 14.3. The Morgan fingerprint density at radius 1 is 1.08 bits per heavy atom. The summed E-state index contributed by atoms with van der Waals surface area (Å²) in [5, 5.41) is -0.191. The van der Waals surface area contributed by atoms with Gasteiger partial charge in [-0.3, -0.25) is 19.3 Å². The molecule has 1 fully saturated rings. The number of anilines is 1. The van der Waals surface area contributed by atoms with Gasteiger partial charge in [0.05, 0.1) is 36.4 Å². The van der Waals surface area contributed by atoms with E-state index in [4.69, 9.17) is 21.1 Å². The number of hydrogen-bond donors (Lipinski definition) is 0. The Hall–Kier alpha value is -3.96. The van der Waals surface area contributed by atoms with Crippen LogP contribution in [-0.2, 0) is 11.3 Å². The molecule has 1 aliphatic heterocycles. The Balaban J connectivity index is 1.45. The smallest absolute Gasteiger partial charge is 0.277 e. The average molecular weight is 555 g/mol. The van der Waals surface area contributed by atoms with Crippen LogP contribution < -0.4 is 15.2 Å². The number of ether oxygens (including phenoxy) is 2. The van der Waals surface area contributed by atoms with Gasteiger partial charge in [0.15, 0.2) is 5.82 Å². The first kappa shape index (κ1) is 26.6. The fourth-order valence-corrected chi connectivity index (χ4v) is 4.54. The third kappa shape index (κ3) is 5.19. The van der Waals surface area contributed by atoms with Gasteiger partial charge in [-0.2, -0.15) is 0 Å². The summed E-state index contributed by atoms with van der Waals surface area (Å²) < 4.78 is 39.6. The van der Waals surface area contributed by atoms with Gasteiger partial charge in [-0.05, 0) is 38.5 Å². The molecule has 1 aliphatic rings. The van der Waals surface area contributed by atoms with Gasteiger partial charge in [0.25, 0.3) is 5.56 Å². The second-order valence-electron chi connectivity index (χ2n) is 9.58. The number of aromatic nitrogens is 5. The summed E-state index contributed by atoms with van der Waals surface area (Å²) in [4.78, 5) is 32.7. The molecule has 1 saturated heterocycles. The summed E-state index contributed by atoms with van der Waals surface area (Å²) in [7, 11) is 1.68. The van der Waals surface area contributed by atoms with Crippen LogP contribution in [0.3, 0.4) is 0 Å². The first-order valence-corrected chi connectivity index (χ1v) is 12.4. The molecule has 0 atom stereocenters. The first-order valence-electron chi connectivity index (χ1n) is 12.0. The van der Waals surface area contributed by atoms with Crippen LogP contribution in [0.25, 0.3) is 17.1 Å². The van der Waals surface area contributed by atoms with Crippen molar-refractivity contribution in [1.82, 2.24) is 24.5 Å². The molecule has 39 heavy (non-hydrogen) atoms. The molecule has 0 saturated carbocycles. The van der Waals surface area contributed by atoms with Crippen LogP contribution in [0.1, 0.15) is 23.9 Å². The number of methoxy groups -OCH3 is 1. The Bertz CT molecular complexity index is 1620. The summed E-state index contributed by atoms with van der Waals surface area (Å²) in [6, 6.07) is 5.80. The molecular weight excluding hydrogens is 530 g/mol. The van der Waals surface area contributed by atoms with Gasteiger partial charge in [-0.25, -0.2) is 18.7 Å². The van der Waals surface area contributed by atoms with Gasteiger partial charge in [-0.15, -0.1) is 0 Å². The van der Waals surface area contributed by atoms with Crippen LogP contribution in [0.4, 0.5) is 14.7 Å². The predicted octanol–water partition coefficient (Wildman–Crippen LogP) is 4.44. The van der Waals surface area contributed by atoms with Crippen molar-refractivity contribution in [3.05, 3.63) is 86.8 Å². The van der Waals surface area contributed by atoms with Crippen molar-refractivity contribution < 1.29 is 18.3 Å². The largest absolute Gasteiger partial charge is 0.485 e. The van der Waals surface area contributed by atoms with E-state index < -0.39 is 17.2 Å². The highest BCUT2D eigenvalue weighted by molar-refractivity contribution is 6.31. The van der Waals surface area contributed by atoms with Crippen LogP contribution in [0.2, 0.25) is 5.02 Å². The van der Waals surface area contributed by atoms with Crippen molar-refractivity contribution in [2.24, 2.45) is 0 Å². The number of halogens is 3. The molecule has 0 spiro atoms. The minimum Gasteiger partial charge on any atom is -0.485 e. The first-order chi connectivity index (χ1) is 18.6. The van der Waals surface area contributed by atoms with E-state index in [1.807, 2.05) is 18.7 Å². The van der Waals surface area contributed by atoms with Gasteiger partial charge in [0.1, 0.15) is 34.5 Å². The molecule has 5 rings (SSSR count). The minimum atomic E-state index is -0.856. The average Bonchev–Trinajstić information content (AvgIpc) is 2.90. The van der Waals surface area contributed by atoms with E-state index in [-0.39, 0.29) is 28.7 Å². The molecule has 12 heteroatoms. The van der Waals surface area contributed by atoms with E-state index in [1.165, 1.54) is 4.57 Å². The number of pyridine rings is 3. The highest BCUT2D eigenvalue weighted by Crippen LogP contribution is 2.30. The Labute approximate surface area is 228 Å². The van der Waals surface area contributed by atoms with Crippen LogP contribution >= 0.6 is 11.6 Å². The van der Waals surface area contributed by atoms with E-state index in [9.17, 15) is 13.6 Å². The number of aryl methyl sites for hydroxylation is 2. The maximum absolute atomic E-state index is 14.0. The fraction of sp³-hybridized carbons (Fsp3) is 0.296. The quantitative estimate of drug-likeness (QED) is 0.331. The van der Waals surface area contributed by atoms with Gasteiger partial charge in [-0.1, -0.05) is 11.6 Å². The SMILES string of the molecule is COC1(C)CN(c2nccc(-c3cc(-n4c(C)cc(OCc5ncc(F)cc5F)c(Cl)c4=O)c(C)cn3)n2)C1. The van der Waals surface area contributed by atoms with E-state index in [0.717, 1.165) is 11.8 Å². The molecule has 4 aromatic heterocycles. The lowest BCUT2D eigenvalue weighted by Crippen LogP contribution is -2.61. The molecule has 5 heterocycles. The molecule has 0 radical (unpaired) electrons. The monoisotopic (exact) mass is 554 g/mol. The summed E-state index contributed by atoms with van der Waals surface area (Å²) in [5.74, 6) is -1.03. The maximum atomic E-state index is 14.0. The third-order valence-electron chi connectivity index (χ3n) is 6.60. The molecule has 0 N–H and O–H groups in total. The van der Waals surface area contributed by atoms with Gasteiger partial charge in [0.2, 0.25) is 5.95 Å². The van der Waals surface area contributed by atoms with Gasteiger partial charge in [0, 0.05) is 37.3 Å². The Kier molecular flexibility index (Phi) is 7.04. The lowest BCUT2D eigenvalue weighted by molar-refractivity contribution is -0.0175. The number of hydrogen-bond acceptors (Lipinski definition) is 8. The zero-order valence-corrected chi connectivity index (χ0v) is 22.5. The minimum absolute atomic E-state index is 0.0610. The molecule has 0 aromatic carbocycles. The van der Waals surface area contributed by atoms with Crippen molar-refractivity contribution in [1.29, 1.82) is 0 Å². The van der Waals surface area contributed by atoms with Crippen LogP contribution in [0.15, 0.2) is 47.7 Å². The van der Waals surface area contributed by atoms with Crippen LogP contribution in [-0.4, -0.2) is 50.3 Å². The molecule has 202 valence electrons.